The summed E-state index contributed by atoms with van der Waals surface area (Å²) in [4.78, 5) is 13.8. The summed E-state index contributed by atoms with van der Waals surface area (Å²) in [5, 5.41) is 1.39. The Morgan fingerprint density at radius 2 is 1.71 bits per heavy atom. The van der Waals surface area contributed by atoms with E-state index < -0.39 is 8.07 Å². The van der Waals surface area contributed by atoms with Gasteiger partial charge in [-0.2, -0.15) is 0 Å². The molecule has 14 heavy (non-hydrogen) atoms. The third-order valence-corrected chi connectivity index (χ3v) is 9.02. The van der Waals surface area contributed by atoms with Crippen LogP contribution in [0.1, 0.15) is 20.8 Å². The zero-order chi connectivity index (χ0) is 10.6. The minimum absolute atomic E-state index is 0.0000378. The molecule has 0 aliphatic carbocycles. The third-order valence-electron chi connectivity index (χ3n) is 3.43. The lowest BCUT2D eigenvalue weighted by molar-refractivity contribution is 1.18. The van der Waals surface area contributed by atoms with Crippen LogP contribution in [0.4, 0.5) is 0 Å². The van der Waals surface area contributed by atoms with Gasteiger partial charge in [-0.05, 0) is 5.19 Å². The number of aromatic nitrogens is 1. The Morgan fingerprint density at radius 3 is 2.07 bits per heavy atom. The van der Waals surface area contributed by atoms with Crippen LogP contribution in [0.3, 0.4) is 0 Å². The summed E-state index contributed by atoms with van der Waals surface area (Å²) in [5.41, 5.74) is -0.0000378. The molecule has 0 aliphatic heterocycles. The van der Waals surface area contributed by atoms with E-state index in [0.29, 0.717) is 0 Å². The van der Waals surface area contributed by atoms with Crippen molar-refractivity contribution >= 4 is 13.3 Å². The van der Waals surface area contributed by atoms with Crippen LogP contribution < -0.4 is 10.7 Å². The molecule has 0 bridgehead atoms. The molecule has 78 valence electrons. The van der Waals surface area contributed by atoms with E-state index in [2.05, 4.69) is 25.8 Å². The summed E-state index contributed by atoms with van der Waals surface area (Å²) in [7, 11) is -1.29. The molecular weight excluding hydrogens is 190 g/mol. The SMILES string of the molecule is CC[Si](CC)(CC)c1ccc(=O)[nH]c1. The maximum Gasteiger partial charge on any atom is 0.247 e. The van der Waals surface area contributed by atoms with Gasteiger partial charge in [-0.15, -0.1) is 0 Å². The average Bonchev–Trinajstić information content (AvgIpc) is 2.24. The van der Waals surface area contributed by atoms with E-state index in [9.17, 15) is 4.79 Å². The summed E-state index contributed by atoms with van der Waals surface area (Å²) in [5.74, 6) is 0. The molecule has 0 saturated carbocycles. The first-order valence-electron chi connectivity index (χ1n) is 5.37. The second-order valence-corrected chi connectivity index (χ2v) is 9.04. The monoisotopic (exact) mass is 209 g/mol. The van der Waals surface area contributed by atoms with Crippen molar-refractivity contribution in [3.8, 4) is 0 Å². The molecular formula is C11H19NOSi. The van der Waals surface area contributed by atoms with Crippen LogP contribution in [0.15, 0.2) is 23.1 Å². The lowest BCUT2D eigenvalue weighted by Gasteiger charge is -2.28. The zero-order valence-corrected chi connectivity index (χ0v) is 10.3. The Balaban J connectivity index is 3.11. The van der Waals surface area contributed by atoms with Crippen molar-refractivity contribution in [2.24, 2.45) is 0 Å². The highest BCUT2D eigenvalue weighted by atomic mass is 28.3. The topological polar surface area (TPSA) is 32.9 Å². The molecule has 1 N–H and O–H groups in total. The maximum atomic E-state index is 11.0. The summed E-state index contributed by atoms with van der Waals surface area (Å²) in [6.45, 7) is 6.80. The number of hydrogen-bond donors (Lipinski definition) is 1. The van der Waals surface area contributed by atoms with Crippen molar-refractivity contribution < 1.29 is 0 Å². The van der Waals surface area contributed by atoms with E-state index in [1.165, 1.54) is 23.3 Å². The van der Waals surface area contributed by atoms with Crippen molar-refractivity contribution in [3.05, 3.63) is 28.7 Å². The van der Waals surface area contributed by atoms with E-state index >= 15 is 0 Å². The number of rotatable bonds is 4. The van der Waals surface area contributed by atoms with Gasteiger partial charge in [0.25, 0.3) is 0 Å². The Kier molecular flexibility index (Phi) is 3.69. The fourth-order valence-corrected chi connectivity index (χ4v) is 5.64. The molecule has 0 aromatic carbocycles. The van der Waals surface area contributed by atoms with Gasteiger partial charge in [-0.3, -0.25) is 4.79 Å². The molecule has 1 rings (SSSR count). The molecule has 1 aromatic heterocycles. The van der Waals surface area contributed by atoms with Gasteiger partial charge in [0.05, 0.1) is 8.07 Å². The van der Waals surface area contributed by atoms with E-state index in [1.807, 2.05) is 12.3 Å². The van der Waals surface area contributed by atoms with E-state index in [-0.39, 0.29) is 5.56 Å². The largest absolute Gasteiger partial charge is 0.329 e. The Bertz CT molecular complexity index is 313. The third kappa shape index (κ3) is 1.98. The lowest BCUT2D eigenvalue weighted by atomic mass is 10.5. The molecule has 1 aromatic rings. The van der Waals surface area contributed by atoms with Gasteiger partial charge in [0, 0.05) is 12.3 Å². The normalized spacial score (nSPS) is 11.6. The molecule has 0 aliphatic rings. The number of nitrogens with one attached hydrogen (secondary N) is 1. The van der Waals surface area contributed by atoms with Crippen LogP contribution in [0.2, 0.25) is 18.1 Å². The quantitative estimate of drug-likeness (QED) is 0.757. The number of aromatic amines is 1. The molecule has 0 radical (unpaired) electrons. The van der Waals surface area contributed by atoms with Crippen molar-refractivity contribution in [2.75, 3.05) is 0 Å². The fourth-order valence-electron chi connectivity index (χ4n) is 2.10. The van der Waals surface area contributed by atoms with Crippen LogP contribution in [-0.4, -0.2) is 13.1 Å². The zero-order valence-electron chi connectivity index (χ0n) is 9.26. The summed E-state index contributed by atoms with van der Waals surface area (Å²) >= 11 is 0. The second-order valence-electron chi connectivity index (χ2n) is 3.78. The minimum Gasteiger partial charge on any atom is -0.329 e. The molecule has 0 atom stereocenters. The van der Waals surface area contributed by atoms with Gasteiger partial charge >= 0.3 is 0 Å². The average molecular weight is 209 g/mol. The molecule has 3 heteroatoms. The standard InChI is InChI=1S/C11H19NOSi/c1-4-14(5-2,6-3)10-7-8-11(13)12-9-10/h7-9H,4-6H2,1-3H3,(H,12,13). The lowest BCUT2D eigenvalue weighted by Crippen LogP contribution is -2.46. The Labute approximate surface area is 86.4 Å². The predicted molar refractivity (Wildman–Crippen MR) is 63.9 cm³/mol. The molecule has 0 saturated heterocycles. The van der Waals surface area contributed by atoms with Gasteiger partial charge in [0.15, 0.2) is 0 Å². The van der Waals surface area contributed by atoms with Gasteiger partial charge < -0.3 is 4.98 Å². The second kappa shape index (κ2) is 4.60. The van der Waals surface area contributed by atoms with Crippen LogP contribution in [-0.2, 0) is 0 Å². The Morgan fingerprint density at radius 1 is 1.14 bits per heavy atom. The van der Waals surface area contributed by atoms with Crippen molar-refractivity contribution in [1.82, 2.24) is 4.98 Å². The van der Waals surface area contributed by atoms with Gasteiger partial charge in [-0.1, -0.05) is 45.0 Å². The highest BCUT2D eigenvalue weighted by molar-refractivity contribution is 6.91. The smallest absolute Gasteiger partial charge is 0.247 e. The first-order valence-corrected chi connectivity index (χ1v) is 8.00. The first-order chi connectivity index (χ1) is 6.68. The van der Waals surface area contributed by atoms with Crippen molar-refractivity contribution in [1.29, 1.82) is 0 Å². The minimum atomic E-state index is -1.29. The number of hydrogen-bond acceptors (Lipinski definition) is 1. The van der Waals surface area contributed by atoms with Gasteiger partial charge in [-0.25, -0.2) is 0 Å². The summed E-state index contributed by atoms with van der Waals surface area (Å²) < 4.78 is 0. The summed E-state index contributed by atoms with van der Waals surface area (Å²) in [6, 6.07) is 7.43. The molecule has 0 amide bonds. The Hall–Kier alpha value is -0.833. The van der Waals surface area contributed by atoms with Crippen molar-refractivity contribution in [3.63, 3.8) is 0 Å². The van der Waals surface area contributed by atoms with Gasteiger partial charge in [0.2, 0.25) is 5.56 Å². The molecule has 0 unspecified atom stereocenters. The highest BCUT2D eigenvalue weighted by Gasteiger charge is 2.28. The maximum absolute atomic E-state index is 11.0. The van der Waals surface area contributed by atoms with Crippen LogP contribution in [0.25, 0.3) is 0 Å². The van der Waals surface area contributed by atoms with Crippen LogP contribution >= 0.6 is 0 Å². The highest BCUT2D eigenvalue weighted by Crippen LogP contribution is 2.19. The summed E-state index contributed by atoms with van der Waals surface area (Å²) in [6.07, 6.45) is 1.92. The van der Waals surface area contributed by atoms with Crippen molar-refractivity contribution in [2.45, 2.75) is 38.9 Å². The van der Waals surface area contributed by atoms with E-state index in [1.54, 1.807) is 6.07 Å². The van der Waals surface area contributed by atoms with E-state index in [4.69, 9.17) is 0 Å². The van der Waals surface area contributed by atoms with Crippen LogP contribution in [0.5, 0.6) is 0 Å². The number of H-pyrrole nitrogens is 1. The molecule has 0 spiro atoms. The first kappa shape index (κ1) is 11.2. The van der Waals surface area contributed by atoms with E-state index in [0.717, 1.165) is 0 Å². The van der Waals surface area contributed by atoms with Gasteiger partial charge in [0.1, 0.15) is 0 Å². The molecule has 2 nitrogen and oxygen atoms in total. The molecule has 1 heterocycles. The fraction of sp³-hybridized carbons (Fsp3) is 0.545. The number of pyridine rings is 1. The predicted octanol–water partition coefficient (Wildman–Crippen LogP) is 2.09. The molecule has 0 fully saturated rings. The van der Waals surface area contributed by atoms with Crippen LogP contribution in [0, 0.1) is 0 Å².